The van der Waals surface area contributed by atoms with Gasteiger partial charge < -0.3 is 15.1 Å². The number of halogens is 3. The molecular formula is C14H25F3N4O. The largest absolute Gasteiger partial charge is 0.390 e. The van der Waals surface area contributed by atoms with Crippen LogP contribution in [0.15, 0.2) is 4.99 Å². The van der Waals surface area contributed by atoms with Crippen LogP contribution in [0.1, 0.15) is 34.1 Å². The Bertz CT molecular complexity index is 432. The van der Waals surface area contributed by atoms with E-state index >= 15 is 0 Å². The number of rotatable bonds is 3. The van der Waals surface area contributed by atoms with Gasteiger partial charge in [-0.2, -0.15) is 13.2 Å². The molecule has 1 amide bonds. The molecule has 0 aromatic heterocycles. The first-order valence-electron chi connectivity index (χ1n) is 7.32. The molecule has 1 aliphatic heterocycles. The van der Waals surface area contributed by atoms with Gasteiger partial charge in [-0.25, -0.2) is 0 Å². The summed E-state index contributed by atoms with van der Waals surface area (Å²) in [7, 11) is 1.50. The molecule has 1 fully saturated rings. The number of alkyl halides is 3. The third-order valence-electron chi connectivity index (χ3n) is 3.54. The van der Waals surface area contributed by atoms with Crippen LogP contribution < -0.4 is 5.32 Å². The average molecular weight is 322 g/mol. The van der Waals surface area contributed by atoms with Crippen molar-refractivity contribution in [1.82, 2.24) is 15.1 Å². The minimum absolute atomic E-state index is 0.0509. The van der Waals surface area contributed by atoms with Crippen molar-refractivity contribution in [3.63, 3.8) is 0 Å². The number of hydrogen-bond donors (Lipinski definition) is 1. The van der Waals surface area contributed by atoms with Crippen molar-refractivity contribution in [2.24, 2.45) is 4.99 Å². The molecule has 0 saturated carbocycles. The molecule has 0 aliphatic carbocycles. The van der Waals surface area contributed by atoms with Gasteiger partial charge in [0.15, 0.2) is 5.96 Å². The molecular weight excluding hydrogens is 297 g/mol. The molecule has 1 rings (SSSR count). The number of amides is 1. The van der Waals surface area contributed by atoms with Gasteiger partial charge in [0.2, 0.25) is 5.91 Å². The Hall–Kier alpha value is -1.47. The summed E-state index contributed by atoms with van der Waals surface area (Å²) in [6, 6.07) is 0.0739. The zero-order valence-corrected chi connectivity index (χ0v) is 13.8. The second-order valence-corrected chi connectivity index (χ2v) is 6.37. The summed E-state index contributed by atoms with van der Waals surface area (Å²) in [5.74, 6) is 0.277. The molecule has 22 heavy (non-hydrogen) atoms. The first-order valence-corrected chi connectivity index (χ1v) is 7.32. The highest BCUT2D eigenvalue weighted by atomic mass is 19.4. The summed E-state index contributed by atoms with van der Waals surface area (Å²) in [5, 5.41) is 2.68. The monoisotopic (exact) mass is 322 g/mol. The van der Waals surface area contributed by atoms with Crippen molar-refractivity contribution >= 4 is 11.9 Å². The van der Waals surface area contributed by atoms with Crippen molar-refractivity contribution in [1.29, 1.82) is 0 Å². The Morgan fingerprint density at radius 2 is 2.00 bits per heavy atom. The lowest BCUT2D eigenvalue weighted by atomic mass is 9.96. The molecule has 0 atom stereocenters. The number of carbonyl (C=O) groups excluding carboxylic acids is 1. The minimum Gasteiger partial charge on any atom is -0.356 e. The third kappa shape index (κ3) is 4.78. The third-order valence-corrected chi connectivity index (χ3v) is 3.54. The van der Waals surface area contributed by atoms with E-state index in [2.05, 4.69) is 10.3 Å². The van der Waals surface area contributed by atoms with Crippen LogP contribution in [0.5, 0.6) is 0 Å². The molecule has 1 saturated heterocycles. The van der Waals surface area contributed by atoms with Crippen molar-refractivity contribution < 1.29 is 18.0 Å². The average Bonchev–Trinajstić information content (AvgIpc) is 2.30. The van der Waals surface area contributed by atoms with Gasteiger partial charge in [-0.3, -0.25) is 9.79 Å². The van der Waals surface area contributed by atoms with E-state index in [1.54, 1.807) is 4.90 Å². The standard InChI is InChI=1S/C14H25F3N4O/c1-10(2)21-11(22)8-20(9-13(21,3)4)12(18-5)19-7-6-14(15,16)17/h10H,6-9H2,1-5H3,(H,18,19). The quantitative estimate of drug-likeness (QED) is 0.637. The van der Waals surface area contributed by atoms with Gasteiger partial charge in [-0.1, -0.05) is 0 Å². The van der Waals surface area contributed by atoms with E-state index < -0.39 is 18.1 Å². The molecule has 8 heteroatoms. The normalized spacial score (nSPS) is 19.9. The lowest BCUT2D eigenvalue weighted by Gasteiger charge is -2.49. The van der Waals surface area contributed by atoms with Crippen molar-refractivity contribution in [3.05, 3.63) is 0 Å². The van der Waals surface area contributed by atoms with Crippen LogP contribution >= 0.6 is 0 Å². The molecule has 0 spiro atoms. The number of hydrogen-bond acceptors (Lipinski definition) is 2. The summed E-state index contributed by atoms with van der Waals surface area (Å²) < 4.78 is 36.7. The number of nitrogens with one attached hydrogen (secondary N) is 1. The Kier molecular flexibility index (Phi) is 5.70. The molecule has 0 aromatic rings. The van der Waals surface area contributed by atoms with Crippen molar-refractivity contribution in [2.45, 2.75) is 51.9 Å². The van der Waals surface area contributed by atoms with Gasteiger partial charge in [-0.05, 0) is 27.7 Å². The number of guanidine groups is 1. The van der Waals surface area contributed by atoms with Crippen LogP contribution in [-0.2, 0) is 4.79 Å². The van der Waals surface area contributed by atoms with Crippen molar-refractivity contribution in [3.8, 4) is 0 Å². The van der Waals surface area contributed by atoms with Crippen LogP contribution in [-0.4, -0.2) is 66.1 Å². The van der Waals surface area contributed by atoms with Crippen LogP contribution in [0.4, 0.5) is 13.2 Å². The van der Waals surface area contributed by atoms with E-state index in [4.69, 9.17) is 0 Å². The van der Waals surface area contributed by atoms with E-state index in [0.717, 1.165) is 0 Å². The summed E-state index contributed by atoms with van der Waals surface area (Å²) in [6.07, 6.45) is -5.15. The lowest BCUT2D eigenvalue weighted by molar-refractivity contribution is -0.145. The summed E-state index contributed by atoms with van der Waals surface area (Å²) in [4.78, 5) is 19.8. The lowest BCUT2D eigenvalue weighted by Crippen LogP contribution is -2.66. The van der Waals surface area contributed by atoms with Crippen LogP contribution in [0.25, 0.3) is 0 Å². The fourth-order valence-electron chi connectivity index (χ4n) is 2.96. The molecule has 0 radical (unpaired) electrons. The Balaban J connectivity index is 2.74. The predicted molar refractivity (Wildman–Crippen MR) is 79.7 cm³/mol. The van der Waals surface area contributed by atoms with Gasteiger partial charge in [0.1, 0.15) is 0 Å². The Morgan fingerprint density at radius 1 is 1.41 bits per heavy atom. The second-order valence-electron chi connectivity index (χ2n) is 6.37. The highest BCUT2D eigenvalue weighted by molar-refractivity contribution is 5.88. The van der Waals surface area contributed by atoms with E-state index in [1.807, 2.05) is 32.6 Å². The summed E-state index contributed by atoms with van der Waals surface area (Å²) in [5.41, 5.74) is -0.412. The van der Waals surface area contributed by atoms with Gasteiger partial charge in [0, 0.05) is 26.2 Å². The first-order chi connectivity index (χ1) is 9.98. The fourth-order valence-corrected chi connectivity index (χ4v) is 2.96. The minimum atomic E-state index is -4.21. The van der Waals surface area contributed by atoms with Gasteiger partial charge in [0.25, 0.3) is 0 Å². The zero-order valence-electron chi connectivity index (χ0n) is 13.8. The number of piperazine rings is 1. The molecule has 1 heterocycles. The first kappa shape index (κ1) is 18.6. The fraction of sp³-hybridized carbons (Fsp3) is 0.857. The van der Waals surface area contributed by atoms with E-state index in [9.17, 15) is 18.0 Å². The van der Waals surface area contributed by atoms with E-state index in [-0.39, 0.29) is 25.0 Å². The molecule has 0 aromatic carbocycles. The molecule has 0 unspecified atom stereocenters. The number of nitrogens with zero attached hydrogens (tertiary/aromatic N) is 3. The SMILES string of the molecule is CN=C(NCCC(F)(F)F)N1CC(=O)N(C(C)C)C(C)(C)C1. The highest BCUT2D eigenvalue weighted by Crippen LogP contribution is 2.24. The zero-order chi connectivity index (χ0) is 17.1. The van der Waals surface area contributed by atoms with Crippen molar-refractivity contribution in [2.75, 3.05) is 26.7 Å². The Morgan fingerprint density at radius 3 is 2.41 bits per heavy atom. The van der Waals surface area contributed by atoms with Crippen LogP contribution in [0, 0.1) is 0 Å². The van der Waals surface area contributed by atoms with Gasteiger partial charge >= 0.3 is 6.18 Å². The maximum absolute atomic E-state index is 12.3. The topological polar surface area (TPSA) is 47.9 Å². The molecule has 1 aliphatic rings. The maximum atomic E-state index is 12.3. The van der Waals surface area contributed by atoms with Gasteiger partial charge in [0.05, 0.1) is 18.5 Å². The number of carbonyl (C=O) groups is 1. The van der Waals surface area contributed by atoms with Gasteiger partial charge in [-0.15, -0.1) is 0 Å². The Labute approximate surface area is 129 Å². The number of aliphatic imine (C=N–C) groups is 1. The van der Waals surface area contributed by atoms with Crippen LogP contribution in [0.3, 0.4) is 0 Å². The predicted octanol–water partition coefficient (Wildman–Crippen LogP) is 1.85. The summed E-state index contributed by atoms with van der Waals surface area (Å²) in [6.45, 7) is 8.17. The summed E-state index contributed by atoms with van der Waals surface area (Å²) >= 11 is 0. The van der Waals surface area contributed by atoms with Crippen LogP contribution in [0.2, 0.25) is 0 Å². The second kappa shape index (κ2) is 6.75. The molecule has 128 valence electrons. The maximum Gasteiger partial charge on any atom is 0.390 e. The molecule has 1 N–H and O–H groups in total. The van der Waals surface area contributed by atoms with E-state index in [0.29, 0.717) is 12.5 Å². The smallest absolute Gasteiger partial charge is 0.356 e. The molecule has 0 bridgehead atoms. The van der Waals surface area contributed by atoms with E-state index in [1.165, 1.54) is 7.05 Å². The highest BCUT2D eigenvalue weighted by Gasteiger charge is 2.40. The molecule has 5 nitrogen and oxygen atoms in total.